The van der Waals surface area contributed by atoms with Gasteiger partial charge >= 0.3 is 6.09 Å². The van der Waals surface area contributed by atoms with E-state index in [4.69, 9.17) is 14.2 Å². The lowest BCUT2D eigenvalue weighted by molar-refractivity contribution is -0.161. The molecule has 4 rings (SSSR count). The standard InChI is InChI=1S/C21H28FN3O5/c1-15(26)23-12-17-13-25(20(27)30-17)16-3-4-19(18(22)11-16)24-7-2-5-21(6-8-24)14-28-9-10-29-21/h3-4,11,17H,2,5-10,12-14H2,1H3,(H,23,26). The first-order valence-corrected chi connectivity index (χ1v) is 10.4. The first-order chi connectivity index (χ1) is 14.5. The van der Waals surface area contributed by atoms with Crippen molar-refractivity contribution in [2.24, 2.45) is 0 Å². The van der Waals surface area contributed by atoms with Gasteiger partial charge in [0, 0.05) is 20.0 Å². The van der Waals surface area contributed by atoms with E-state index >= 15 is 0 Å². The predicted molar refractivity (Wildman–Crippen MR) is 108 cm³/mol. The van der Waals surface area contributed by atoms with Crippen molar-refractivity contribution in [1.82, 2.24) is 5.32 Å². The Morgan fingerprint density at radius 2 is 2.17 bits per heavy atom. The van der Waals surface area contributed by atoms with Gasteiger partial charge in [0.2, 0.25) is 5.91 Å². The van der Waals surface area contributed by atoms with Crippen molar-refractivity contribution in [2.45, 2.75) is 37.9 Å². The van der Waals surface area contributed by atoms with Gasteiger partial charge in [-0.05, 0) is 37.5 Å². The van der Waals surface area contributed by atoms with Crippen LogP contribution in [0.25, 0.3) is 0 Å². The maximum Gasteiger partial charge on any atom is 0.414 e. The number of carbonyl (C=O) groups is 2. The number of nitrogens with one attached hydrogen (secondary N) is 1. The molecule has 0 aromatic heterocycles. The molecule has 3 saturated heterocycles. The van der Waals surface area contributed by atoms with E-state index in [1.165, 1.54) is 17.9 Å². The molecule has 1 spiro atoms. The minimum Gasteiger partial charge on any atom is -0.442 e. The first-order valence-electron chi connectivity index (χ1n) is 10.4. The molecule has 0 saturated carbocycles. The highest BCUT2D eigenvalue weighted by molar-refractivity contribution is 5.90. The van der Waals surface area contributed by atoms with Crippen LogP contribution in [0.15, 0.2) is 18.2 Å². The van der Waals surface area contributed by atoms with Crippen LogP contribution in [-0.2, 0) is 19.0 Å². The highest BCUT2D eigenvalue weighted by atomic mass is 19.1. The molecule has 2 atom stereocenters. The van der Waals surface area contributed by atoms with Crippen LogP contribution in [0, 0.1) is 5.82 Å². The average molecular weight is 421 g/mol. The van der Waals surface area contributed by atoms with Crippen LogP contribution in [0.4, 0.5) is 20.6 Å². The Hall–Kier alpha value is -2.39. The summed E-state index contributed by atoms with van der Waals surface area (Å²) in [6, 6.07) is 4.83. The highest BCUT2D eigenvalue weighted by Gasteiger charge is 2.37. The van der Waals surface area contributed by atoms with E-state index in [1.54, 1.807) is 12.1 Å². The largest absolute Gasteiger partial charge is 0.442 e. The Kier molecular flexibility index (Phi) is 6.10. The molecule has 8 nitrogen and oxygen atoms in total. The molecule has 2 unspecified atom stereocenters. The quantitative estimate of drug-likeness (QED) is 0.802. The molecule has 0 radical (unpaired) electrons. The normalized spacial score (nSPS) is 27.1. The fourth-order valence-electron chi connectivity index (χ4n) is 4.33. The van der Waals surface area contributed by atoms with Gasteiger partial charge in [0.25, 0.3) is 0 Å². The number of cyclic esters (lactones) is 1. The number of anilines is 2. The summed E-state index contributed by atoms with van der Waals surface area (Å²) in [6.45, 7) is 5.17. The maximum absolute atomic E-state index is 15.0. The lowest BCUT2D eigenvalue weighted by Crippen LogP contribution is -2.44. The molecular weight excluding hydrogens is 393 g/mol. The third-order valence-electron chi connectivity index (χ3n) is 5.94. The van der Waals surface area contributed by atoms with Crippen LogP contribution >= 0.6 is 0 Å². The zero-order valence-corrected chi connectivity index (χ0v) is 17.2. The zero-order valence-electron chi connectivity index (χ0n) is 17.2. The number of carbonyl (C=O) groups excluding carboxylic acids is 2. The molecule has 1 aromatic rings. The number of benzene rings is 1. The average Bonchev–Trinajstić information content (AvgIpc) is 2.99. The number of hydrogen-bond donors (Lipinski definition) is 1. The lowest BCUT2D eigenvalue weighted by atomic mass is 9.95. The fraction of sp³-hybridized carbons (Fsp3) is 0.619. The van der Waals surface area contributed by atoms with Gasteiger partial charge in [0.15, 0.2) is 0 Å². The fourth-order valence-corrected chi connectivity index (χ4v) is 4.33. The Morgan fingerprint density at radius 1 is 1.30 bits per heavy atom. The smallest absolute Gasteiger partial charge is 0.414 e. The van der Waals surface area contributed by atoms with E-state index in [2.05, 4.69) is 5.32 Å². The van der Waals surface area contributed by atoms with Crippen molar-refractivity contribution in [2.75, 3.05) is 55.8 Å². The summed E-state index contributed by atoms with van der Waals surface area (Å²) in [5.74, 6) is -0.563. The second-order valence-electron chi connectivity index (χ2n) is 8.11. The van der Waals surface area contributed by atoms with Crippen molar-refractivity contribution in [3.63, 3.8) is 0 Å². The van der Waals surface area contributed by atoms with Crippen molar-refractivity contribution in [3.05, 3.63) is 24.0 Å². The molecule has 1 aromatic carbocycles. The molecule has 3 heterocycles. The second-order valence-corrected chi connectivity index (χ2v) is 8.11. The Labute approximate surface area is 175 Å². The molecule has 0 bridgehead atoms. The van der Waals surface area contributed by atoms with Gasteiger partial charge in [0.1, 0.15) is 11.9 Å². The number of halogens is 1. The van der Waals surface area contributed by atoms with Crippen LogP contribution in [0.3, 0.4) is 0 Å². The summed E-state index contributed by atoms with van der Waals surface area (Å²) in [4.78, 5) is 26.7. The minimum absolute atomic E-state index is 0.190. The Bertz CT molecular complexity index is 799. The van der Waals surface area contributed by atoms with Gasteiger partial charge in [-0.25, -0.2) is 9.18 Å². The van der Waals surface area contributed by atoms with Crippen molar-refractivity contribution >= 4 is 23.4 Å². The van der Waals surface area contributed by atoms with Gasteiger partial charge in [0.05, 0.1) is 49.9 Å². The summed E-state index contributed by atoms with van der Waals surface area (Å²) >= 11 is 0. The molecule has 164 valence electrons. The van der Waals surface area contributed by atoms with E-state index in [0.717, 1.165) is 25.8 Å². The van der Waals surface area contributed by atoms with Gasteiger partial charge in [-0.1, -0.05) is 0 Å². The third kappa shape index (κ3) is 4.52. The summed E-state index contributed by atoms with van der Waals surface area (Å²) in [6.07, 6.45) is 1.59. The summed E-state index contributed by atoms with van der Waals surface area (Å²) in [5.41, 5.74) is 0.711. The van der Waals surface area contributed by atoms with Crippen molar-refractivity contribution in [1.29, 1.82) is 0 Å². The van der Waals surface area contributed by atoms with E-state index in [0.29, 0.717) is 37.7 Å². The van der Waals surface area contributed by atoms with Crippen LogP contribution in [0.2, 0.25) is 0 Å². The van der Waals surface area contributed by atoms with Crippen LogP contribution in [0.5, 0.6) is 0 Å². The molecule has 9 heteroatoms. The molecule has 0 aliphatic carbocycles. The number of rotatable bonds is 4. The molecule has 30 heavy (non-hydrogen) atoms. The highest BCUT2D eigenvalue weighted by Crippen LogP contribution is 2.33. The SMILES string of the molecule is CC(=O)NCC1CN(c2ccc(N3CCCC4(CC3)COCCO4)c(F)c2)C(=O)O1. The van der Waals surface area contributed by atoms with E-state index < -0.39 is 12.2 Å². The third-order valence-corrected chi connectivity index (χ3v) is 5.94. The topological polar surface area (TPSA) is 80.3 Å². The van der Waals surface area contributed by atoms with Gasteiger partial charge in [-0.3, -0.25) is 9.69 Å². The summed E-state index contributed by atoms with van der Waals surface area (Å²) in [5, 5.41) is 2.63. The minimum atomic E-state index is -0.538. The number of hydrogen-bond acceptors (Lipinski definition) is 6. The first kappa shape index (κ1) is 20.9. The van der Waals surface area contributed by atoms with Gasteiger partial charge in [-0.15, -0.1) is 0 Å². The summed E-state index contributed by atoms with van der Waals surface area (Å²) in [7, 11) is 0. The van der Waals surface area contributed by atoms with Gasteiger partial charge < -0.3 is 24.4 Å². The summed E-state index contributed by atoms with van der Waals surface area (Å²) < 4.78 is 31.9. The van der Waals surface area contributed by atoms with Gasteiger partial charge in [-0.2, -0.15) is 0 Å². The molecule has 3 fully saturated rings. The van der Waals surface area contributed by atoms with Crippen LogP contribution < -0.4 is 15.1 Å². The number of ether oxygens (including phenoxy) is 3. The maximum atomic E-state index is 15.0. The molecule has 3 aliphatic rings. The predicted octanol–water partition coefficient (Wildman–Crippen LogP) is 2.06. The van der Waals surface area contributed by atoms with E-state index in [1.807, 2.05) is 4.90 Å². The molecule has 3 aliphatic heterocycles. The molecular formula is C21H28FN3O5. The van der Waals surface area contributed by atoms with Crippen LogP contribution in [-0.4, -0.2) is 69.7 Å². The lowest BCUT2D eigenvalue weighted by Gasteiger charge is -2.36. The Balaban J connectivity index is 1.42. The Morgan fingerprint density at radius 3 is 2.90 bits per heavy atom. The van der Waals surface area contributed by atoms with Crippen LogP contribution in [0.1, 0.15) is 26.2 Å². The number of amides is 2. The molecule has 1 N–H and O–H groups in total. The monoisotopic (exact) mass is 421 g/mol. The molecule has 2 amide bonds. The zero-order chi connectivity index (χ0) is 21.1. The van der Waals surface area contributed by atoms with E-state index in [-0.39, 0.29) is 30.4 Å². The second kappa shape index (κ2) is 8.77. The van der Waals surface area contributed by atoms with Crippen molar-refractivity contribution < 1.29 is 28.2 Å². The van der Waals surface area contributed by atoms with Crippen molar-refractivity contribution in [3.8, 4) is 0 Å². The number of nitrogens with zero attached hydrogens (tertiary/aromatic N) is 2. The van der Waals surface area contributed by atoms with E-state index in [9.17, 15) is 14.0 Å².